The lowest BCUT2D eigenvalue weighted by atomic mass is 10.0. The number of hydrogen-bond donors (Lipinski definition) is 1. The number of nitro groups is 1. The van der Waals surface area contributed by atoms with Crippen molar-refractivity contribution < 1.29 is 14.1 Å². The fourth-order valence-electron chi connectivity index (χ4n) is 3.21. The van der Waals surface area contributed by atoms with Gasteiger partial charge in [-0.2, -0.15) is 0 Å². The third-order valence-electron chi connectivity index (χ3n) is 4.20. The summed E-state index contributed by atoms with van der Waals surface area (Å²) in [6.45, 7) is 2.55. The van der Waals surface area contributed by atoms with E-state index in [1.807, 2.05) is 4.90 Å². The van der Waals surface area contributed by atoms with Crippen molar-refractivity contribution in [1.82, 2.24) is 5.32 Å². The van der Waals surface area contributed by atoms with Gasteiger partial charge in [0.25, 0.3) is 0 Å². The summed E-state index contributed by atoms with van der Waals surface area (Å²) < 4.78 is 19.2. The molecule has 7 heteroatoms. The van der Waals surface area contributed by atoms with Gasteiger partial charge in [0.05, 0.1) is 23.8 Å². The summed E-state index contributed by atoms with van der Waals surface area (Å²) in [4.78, 5) is 12.2. The van der Waals surface area contributed by atoms with E-state index in [-0.39, 0.29) is 17.5 Å². The van der Waals surface area contributed by atoms with Crippen LogP contribution in [0.15, 0.2) is 12.1 Å². The molecule has 1 aromatic rings. The van der Waals surface area contributed by atoms with Crippen molar-refractivity contribution >= 4 is 11.4 Å². The molecule has 0 amide bonds. The Morgan fingerprint density at radius 1 is 1.50 bits per heavy atom. The number of benzene rings is 1. The van der Waals surface area contributed by atoms with Gasteiger partial charge in [0.2, 0.25) is 0 Å². The summed E-state index contributed by atoms with van der Waals surface area (Å²) >= 11 is 0. The van der Waals surface area contributed by atoms with E-state index < -0.39 is 10.7 Å². The van der Waals surface area contributed by atoms with Crippen LogP contribution in [0.1, 0.15) is 6.42 Å². The molecule has 2 saturated heterocycles. The van der Waals surface area contributed by atoms with Crippen LogP contribution in [0.3, 0.4) is 0 Å². The molecule has 3 rings (SSSR count). The van der Waals surface area contributed by atoms with Crippen LogP contribution in [-0.4, -0.2) is 37.7 Å². The highest BCUT2D eigenvalue weighted by Gasteiger charge is 2.39. The van der Waals surface area contributed by atoms with Gasteiger partial charge in [0, 0.05) is 31.7 Å². The summed E-state index contributed by atoms with van der Waals surface area (Å²) in [5.74, 6) is 0.0569. The number of nitrogens with one attached hydrogen (secondary N) is 1. The summed E-state index contributed by atoms with van der Waals surface area (Å²) in [7, 11) is 1.36. The smallest absolute Gasteiger partial charge is 0.313 e. The highest BCUT2D eigenvalue weighted by Crippen LogP contribution is 2.38. The number of hydrogen-bond acceptors (Lipinski definition) is 5. The Bertz CT molecular complexity index is 552. The quantitative estimate of drug-likeness (QED) is 0.672. The standard InChI is InChI=1S/C13H16FN3O3/c1-20-13-5-10(9(14)4-11(13)17(18)19)16-3-2-8-6-15-7-12(8)16/h4-5,8,12,15H,2-3,6-7H2,1H3/t8-,12+/m0/s1. The molecule has 0 radical (unpaired) electrons. The maximum atomic E-state index is 14.2. The van der Waals surface area contributed by atoms with Crippen molar-refractivity contribution in [2.45, 2.75) is 12.5 Å². The summed E-state index contributed by atoms with van der Waals surface area (Å²) in [5.41, 5.74) is 0.0534. The Kier molecular flexibility index (Phi) is 3.21. The minimum absolute atomic E-state index is 0.0980. The van der Waals surface area contributed by atoms with Crippen molar-refractivity contribution in [2.24, 2.45) is 5.92 Å². The predicted molar refractivity (Wildman–Crippen MR) is 71.7 cm³/mol. The molecule has 2 heterocycles. The highest BCUT2D eigenvalue weighted by atomic mass is 19.1. The van der Waals surface area contributed by atoms with Gasteiger partial charge in [-0.15, -0.1) is 0 Å². The number of ether oxygens (including phenoxy) is 1. The molecule has 2 aliphatic rings. The molecule has 2 atom stereocenters. The Balaban J connectivity index is 1.99. The van der Waals surface area contributed by atoms with Crippen LogP contribution >= 0.6 is 0 Å². The van der Waals surface area contributed by atoms with Gasteiger partial charge in [-0.05, 0) is 12.3 Å². The molecule has 1 aromatic carbocycles. The number of fused-ring (bicyclic) bond motifs is 1. The summed E-state index contributed by atoms with van der Waals surface area (Å²) in [6, 6.07) is 2.65. The molecule has 0 aliphatic carbocycles. The van der Waals surface area contributed by atoms with Gasteiger partial charge in [-0.25, -0.2) is 4.39 Å². The lowest BCUT2D eigenvalue weighted by Crippen LogP contribution is -2.34. The number of halogens is 1. The highest BCUT2D eigenvalue weighted by molar-refractivity contribution is 5.61. The van der Waals surface area contributed by atoms with Crippen LogP contribution in [0.4, 0.5) is 15.8 Å². The van der Waals surface area contributed by atoms with Crippen LogP contribution in [0, 0.1) is 21.8 Å². The maximum Gasteiger partial charge on any atom is 0.313 e. The van der Waals surface area contributed by atoms with Crippen LogP contribution in [0.2, 0.25) is 0 Å². The molecule has 1 N–H and O–H groups in total. The lowest BCUT2D eigenvalue weighted by molar-refractivity contribution is -0.385. The van der Waals surface area contributed by atoms with E-state index in [9.17, 15) is 14.5 Å². The summed E-state index contributed by atoms with van der Waals surface area (Å²) in [6.07, 6.45) is 1.01. The zero-order chi connectivity index (χ0) is 14.3. The first-order valence-electron chi connectivity index (χ1n) is 6.61. The number of methoxy groups -OCH3 is 1. The van der Waals surface area contributed by atoms with Gasteiger partial charge >= 0.3 is 5.69 Å². The minimum atomic E-state index is -0.629. The molecule has 0 spiro atoms. The molecule has 6 nitrogen and oxygen atoms in total. The first-order valence-corrected chi connectivity index (χ1v) is 6.61. The van der Waals surface area contributed by atoms with Gasteiger partial charge < -0.3 is 15.0 Å². The van der Waals surface area contributed by atoms with E-state index in [0.717, 1.165) is 32.1 Å². The zero-order valence-corrected chi connectivity index (χ0v) is 11.1. The van der Waals surface area contributed by atoms with Gasteiger partial charge in [-0.1, -0.05) is 0 Å². The first-order chi connectivity index (χ1) is 9.61. The predicted octanol–water partition coefficient (Wildman–Crippen LogP) is 1.54. The second kappa shape index (κ2) is 4.90. The largest absolute Gasteiger partial charge is 0.490 e. The molecule has 108 valence electrons. The van der Waals surface area contributed by atoms with E-state index in [1.165, 1.54) is 13.2 Å². The van der Waals surface area contributed by atoms with E-state index in [4.69, 9.17) is 4.74 Å². The van der Waals surface area contributed by atoms with E-state index >= 15 is 0 Å². The topological polar surface area (TPSA) is 67.6 Å². The molecule has 0 saturated carbocycles. The fourth-order valence-corrected chi connectivity index (χ4v) is 3.21. The molecule has 2 fully saturated rings. The van der Waals surface area contributed by atoms with Gasteiger partial charge in [0.1, 0.15) is 0 Å². The van der Waals surface area contributed by atoms with Crippen molar-refractivity contribution in [1.29, 1.82) is 0 Å². The molecule has 0 aromatic heterocycles. The van der Waals surface area contributed by atoms with Crippen LogP contribution < -0.4 is 15.0 Å². The number of nitrogens with zero attached hydrogens (tertiary/aromatic N) is 2. The van der Waals surface area contributed by atoms with Crippen molar-refractivity contribution in [3.63, 3.8) is 0 Å². The molecule has 2 aliphatic heterocycles. The average Bonchev–Trinajstić information content (AvgIpc) is 3.01. The van der Waals surface area contributed by atoms with Crippen LogP contribution in [-0.2, 0) is 0 Å². The molecular weight excluding hydrogens is 265 g/mol. The fraction of sp³-hybridized carbons (Fsp3) is 0.538. The monoisotopic (exact) mass is 281 g/mol. The summed E-state index contributed by atoms with van der Waals surface area (Å²) in [5, 5.41) is 14.2. The van der Waals surface area contributed by atoms with Crippen molar-refractivity contribution in [3.05, 3.63) is 28.1 Å². The van der Waals surface area contributed by atoms with E-state index in [1.54, 1.807) is 0 Å². The third kappa shape index (κ3) is 1.98. The molecule has 20 heavy (non-hydrogen) atoms. The van der Waals surface area contributed by atoms with E-state index in [0.29, 0.717) is 11.6 Å². The third-order valence-corrected chi connectivity index (χ3v) is 4.20. The Hall–Kier alpha value is -1.89. The maximum absolute atomic E-state index is 14.2. The number of nitro benzene ring substituents is 1. The first kappa shape index (κ1) is 13.1. The SMILES string of the molecule is COc1cc(N2CC[C@H]3CNC[C@H]32)c(F)cc1[N+](=O)[O-]. The normalized spacial score (nSPS) is 24.8. The second-order valence-corrected chi connectivity index (χ2v) is 5.20. The van der Waals surface area contributed by atoms with Crippen LogP contribution in [0.25, 0.3) is 0 Å². The van der Waals surface area contributed by atoms with E-state index in [2.05, 4.69) is 5.32 Å². The van der Waals surface area contributed by atoms with Crippen molar-refractivity contribution in [2.75, 3.05) is 31.6 Å². The Morgan fingerprint density at radius 2 is 2.30 bits per heavy atom. The van der Waals surface area contributed by atoms with Crippen LogP contribution in [0.5, 0.6) is 5.75 Å². The second-order valence-electron chi connectivity index (χ2n) is 5.20. The lowest BCUT2D eigenvalue weighted by Gasteiger charge is -2.26. The Labute approximate surface area is 115 Å². The van der Waals surface area contributed by atoms with Gasteiger partial charge in [-0.3, -0.25) is 10.1 Å². The molecule has 0 unspecified atom stereocenters. The number of anilines is 1. The minimum Gasteiger partial charge on any atom is -0.490 e. The Morgan fingerprint density at radius 3 is 3.00 bits per heavy atom. The van der Waals surface area contributed by atoms with Crippen molar-refractivity contribution in [3.8, 4) is 5.75 Å². The average molecular weight is 281 g/mol. The zero-order valence-electron chi connectivity index (χ0n) is 11.1. The molecule has 0 bridgehead atoms. The van der Waals surface area contributed by atoms with Gasteiger partial charge in [0.15, 0.2) is 11.6 Å². The number of rotatable bonds is 3. The molecular formula is C13H16FN3O3.